The molecule has 1 saturated heterocycles. The van der Waals surface area contributed by atoms with Crippen LogP contribution >= 0.6 is 0 Å². The van der Waals surface area contributed by atoms with Gasteiger partial charge in [0, 0.05) is 23.1 Å². The lowest BCUT2D eigenvalue weighted by Gasteiger charge is -2.24. The van der Waals surface area contributed by atoms with Crippen LogP contribution in [0.2, 0.25) is 0 Å². The molecule has 1 fully saturated rings. The lowest BCUT2D eigenvalue weighted by molar-refractivity contribution is -0.160. The highest BCUT2D eigenvalue weighted by atomic mass is 16.6. The molecule has 0 spiro atoms. The first kappa shape index (κ1) is 20.7. The van der Waals surface area contributed by atoms with E-state index in [4.69, 9.17) is 4.74 Å². The maximum atomic E-state index is 13.2. The Morgan fingerprint density at radius 2 is 1.74 bits per heavy atom. The number of amides is 2. The van der Waals surface area contributed by atoms with Crippen molar-refractivity contribution in [3.8, 4) is 0 Å². The second kappa shape index (κ2) is 7.91. The average molecular weight is 419 g/mol. The van der Waals surface area contributed by atoms with Crippen LogP contribution in [0.25, 0.3) is 10.9 Å². The summed E-state index contributed by atoms with van der Waals surface area (Å²) >= 11 is 0. The number of para-hydroxylation sites is 2. The molecular weight excluding hydrogens is 394 g/mol. The molecule has 0 saturated carbocycles. The fourth-order valence-corrected chi connectivity index (χ4v) is 3.74. The van der Waals surface area contributed by atoms with Gasteiger partial charge in [-0.25, -0.2) is 0 Å². The van der Waals surface area contributed by atoms with E-state index in [2.05, 4.69) is 10.3 Å². The highest BCUT2D eigenvalue weighted by Gasteiger charge is 2.47. The third-order valence-corrected chi connectivity index (χ3v) is 5.15. The van der Waals surface area contributed by atoms with E-state index in [1.807, 2.05) is 42.5 Å². The Hall–Kier alpha value is -3.61. The number of nitrogens with zero attached hydrogens (tertiary/aromatic N) is 1. The first-order chi connectivity index (χ1) is 14.7. The summed E-state index contributed by atoms with van der Waals surface area (Å²) in [5.74, 6) is -2.12. The van der Waals surface area contributed by atoms with Gasteiger partial charge in [0.05, 0.1) is 0 Å². The molecule has 1 aliphatic rings. The summed E-state index contributed by atoms with van der Waals surface area (Å²) < 4.78 is 5.54. The number of nitrogens with one attached hydrogen (secondary N) is 2. The second-order valence-corrected chi connectivity index (χ2v) is 8.65. The zero-order chi connectivity index (χ0) is 22.2. The summed E-state index contributed by atoms with van der Waals surface area (Å²) in [6.07, 6.45) is 0. The summed E-state index contributed by atoms with van der Waals surface area (Å²) in [6, 6.07) is 17.3. The van der Waals surface area contributed by atoms with Crippen LogP contribution in [0.4, 0.5) is 5.69 Å². The molecule has 3 aromatic rings. The highest BCUT2D eigenvalue weighted by molar-refractivity contribution is 6.07. The average Bonchev–Trinajstić information content (AvgIpc) is 3.29. The predicted molar refractivity (Wildman–Crippen MR) is 118 cm³/mol. The van der Waals surface area contributed by atoms with Crippen molar-refractivity contribution in [2.75, 3.05) is 11.4 Å². The van der Waals surface area contributed by atoms with E-state index in [-0.39, 0.29) is 12.5 Å². The number of benzene rings is 2. The lowest BCUT2D eigenvalue weighted by Crippen LogP contribution is -2.47. The molecule has 0 bridgehead atoms. The van der Waals surface area contributed by atoms with Gasteiger partial charge in [0.15, 0.2) is 0 Å². The molecule has 0 radical (unpaired) electrons. The summed E-state index contributed by atoms with van der Waals surface area (Å²) in [4.78, 5) is 43.6. The number of fused-ring (bicyclic) bond motifs is 1. The number of hydrogen-bond acceptors (Lipinski definition) is 4. The van der Waals surface area contributed by atoms with Crippen molar-refractivity contribution in [3.05, 3.63) is 66.4 Å². The molecule has 2 aromatic carbocycles. The molecule has 2 heterocycles. The number of carbonyl (C=O) groups is 3. The van der Waals surface area contributed by atoms with E-state index in [0.717, 1.165) is 10.9 Å². The maximum absolute atomic E-state index is 13.2. The Balaban J connectivity index is 1.61. The summed E-state index contributed by atoms with van der Waals surface area (Å²) in [7, 11) is 0. The number of esters is 1. The zero-order valence-electron chi connectivity index (χ0n) is 17.7. The molecule has 7 heteroatoms. The molecular formula is C24H25N3O4. The third-order valence-electron chi connectivity index (χ3n) is 5.15. The fraction of sp³-hybridized carbons (Fsp3) is 0.292. The summed E-state index contributed by atoms with van der Waals surface area (Å²) in [6.45, 7) is 5.45. The third kappa shape index (κ3) is 4.30. The number of ether oxygens (including phenoxy) is 1. The minimum absolute atomic E-state index is 0.134. The Bertz CT molecular complexity index is 1100. The van der Waals surface area contributed by atoms with Crippen LogP contribution in [-0.2, 0) is 14.3 Å². The van der Waals surface area contributed by atoms with Crippen LogP contribution in [0.5, 0.6) is 0 Å². The molecule has 160 valence electrons. The zero-order valence-corrected chi connectivity index (χ0v) is 17.7. The number of aromatic amines is 1. The molecule has 2 unspecified atom stereocenters. The van der Waals surface area contributed by atoms with E-state index in [1.54, 1.807) is 39.0 Å². The summed E-state index contributed by atoms with van der Waals surface area (Å²) in [5, 5.41) is 3.65. The molecule has 7 nitrogen and oxygen atoms in total. The number of H-pyrrole nitrogens is 1. The molecule has 2 amide bonds. The molecule has 2 atom stereocenters. The van der Waals surface area contributed by atoms with Gasteiger partial charge in [0.2, 0.25) is 0 Å². The molecule has 2 N–H and O–H groups in total. The number of carbonyl (C=O) groups excluding carboxylic acids is 3. The number of aromatic nitrogens is 1. The van der Waals surface area contributed by atoms with Gasteiger partial charge >= 0.3 is 5.97 Å². The van der Waals surface area contributed by atoms with Gasteiger partial charge in [0.1, 0.15) is 23.3 Å². The molecule has 0 aliphatic carbocycles. The van der Waals surface area contributed by atoms with Gasteiger partial charge in [-0.15, -0.1) is 0 Å². The normalized spacial score (nSPS) is 18.9. The van der Waals surface area contributed by atoms with Crippen molar-refractivity contribution in [1.29, 1.82) is 0 Å². The number of anilines is 1. The first-order valence-electron chi connectivity index (χ1n) is 10.2. The van der Waals surface area contributed by atoms with Crippen molar-refractivity contribution in [1.82, 2.24) is 10.3 Å². The van der Waals surface area contributed by atoms with Gasteiger partial charge in [0.25, 0.3) is 11.8 Å². The van der Waals surface area contributed by atoms with Crippen LogP contribution in [-0.4, -0.2) is 41.0 Å². The van der Waals surface area contributed by atoms with E-state index in [1.165, 1.54) is 4.90 Å². The Labute approximate surface area is 180 Å². The molecule has 1 aromatic heterocycles. The first-order valence-corrected chi connectivity index (χ1v) is 10.2. The predicted octanol–water partition coefficient (Wildman–Crippen LogP) is 3.27. The van der Waals surface area contributed by atoms with Crippen LogP contribution in [0, 0.1) is 5.92 Å². The Morgan fingerprint density at radius 3 is 2.42 bits per heavy atom. The van der Waals surface area contributed by atoms with Gasteiger partial charge < -0.3 is 19.9 Å². The number of rotatable bonds is 4. The largest absolute Gasteiger partial charge is 0.460 e. The van der Waals surface area contributed by atoms with Gasteiger partial charge in [-0.1, -0.05) is 36.4 Å². The van der Waals surface area contributed by atoms with E-state index < -0.39 is 29.4 Å². The van der Waals surface area contributed by atoms with Crippen molar-refractivity contribution in [3.63, 3.8) is 0 Å². The minimum Gasteiger partial charge on any atom is -0.460 e. The van der Waals surface area contributed by atoms with Crippen LogP contribution in [0.3, 0.4) is 0 Å². The van der Waals surface area contributed by atoms with Crippen molar-refractivity contribution < 1.29 is 19.1 Å². The van der Waals surface area contributed by atoms with Crippen molar-refractivity contribution >= 4 is 34.4 Å². The lowest BCUT2D eigenvalue weighted by atomic mass is 10.0. The maximum Gasteiger partial charge on any atom is 0.313 e. The fourth-order valence-electron chi connectivity index (χ4n) is 3.74. The van der Waals surface area contributed by atoms with Crippen LogP contribution in [0.1, 0.15) is 31.3 Å². The quantitative estimate of drug-likeness (QED) is 0.635. The second-order valence-electron chi connectivity index (χ2n) is 8.65. The van der Waals surface area contributed by atoms with Crippen molar-refractivity contribution in [2.24, 2.45) is 5.92 Å². The SMILES string of the molecule is CC(C)(C)OC(=O)C1CN(c2ccccc2)C(=O)C1NC(=O)c1cc2ccccc2[nH]1. The van der Waals surface area contributed by atoms with Crippen LogP contribution in [0.15, 0.2) is 60.7 Å². The Kier molecular flexibility index (Phi) is 5.27. The smallest absolute Gasteiger partial charge is 0.313 e. The monoisotopic (exact) mass is 419 g/mol. The molecule has 1 aliphatic heterocycles. The molecule has 4 rings (SSSR count). The van der Waals surface area contributed by atoms with E-state index >= 15 is 0 Å². The van der Waals surface area contributed by atoms with Gasteiger partial charge in [-0.3, -0.25) is 14.4 Å². The van der Waals surface area contributed by atoms with Crippen molar-refractivity contribution in [2.45, 2.75) is 32.4 Å². The minimum atomic E-state index is -1.02. The number of hydrogen-bond donors (Lipinski definition) is 2. The van der Waals surface area contributed by atoms with Crippen LogP contribution < -0.4 is 10.2 Å². The van der Waals surface area contributed by atoms with E-state index in [0.29, 0.717) is 11.4 Å². The van der Waals surface area contributed by atoms with Gasteiger partial charge in [-0.05, 0) is 45.0 Å². The standard InChI is InChI=1S/C24H25N3O4/c1-24(2,3)31-23(30)17-14-27(16-10-5-4-6-11-16)22(29)20(17)26-21(28)19-13-15-9-7-8-12-18(15)25-19/h4-13,17,20,25H,14H2,1-3H3,(H,26,28). The Morgan fingerprint density at radius 1 is 1.06 bits per heavy atom. The van der Waals surface area contributed by atoms with E-state index in [9.17, 15) is 14.4 Å². The summed E-state index contributed by atoms with van der Waals surface area (Å²) in [5.41, 5.74) is 1.12. The topological polar surface area (TPSA) is 91.5 Å². The van der Waals surface area contributed by atoms with Gasteiger partial charge in [-0.2, -0.15) is 0 Å². The molecule has 31 heavy (non-hydrogen) atoms. The highest BCUT2D eigenvalue weighted by Crippen LogP contribution is 2.28.